The van der Waals surface area contributed by atoms with Crippen LogP contribution in [0.2, 0.25) is 0 Å². The molecule has 1 N–H and O–H groups in total. The van der Waals surface area contributed by atoms with Crippen LogP contribution in [0.25, 0.3) is 5.57 Å². The van der Waals surface area contributed by atoms with Gasteiger partial charge < -0.3 is 19.8 Å². The minimum absolute atomic E-state index is 0.0102. The van der Waals surface area contributed by atoms with Crippen molar-refractivity contribution in [3.8, 4) is 5.75 Å². The van der Waals surface area contributed by atoms with Gasteiger partial charge in [0.05, 0.1) is 19.3 Å². The summed E-state index contributed by atoms with van der Waals surface area (Å²) < 4.78 is 46.7. The Bertz CT molecular complexity index is 1150. The maximum atomic E-state index is 14.0. The van der Waals surface area contributed by atoms with Crippen molar-refractivity contribution in [1.29, 1.82) is 0 Å². The number of esters is 1. The molecule has 1 saturated heterocycles. The van der Waals surface area contributed by atoms with E-state index in [1.165, 1.54) is 24.1 Å². The zero-order chi connectivity index (χ0) is 25.2. The molecule has 0 radical (unpaired) electrons. The smallest absolute Gasteiger partial charge is 0.417 e. The average Bonchev–Trinajstić information content (AvgIpc) is 2.87. The Balaban J connectivity index is 1.60. The zero-order valence-electron chi connectivity index (χ0n) is 18.8. The number of benzene rings is 2. The van der Waals surface area contributed by atoms with Crippen LogP contribution in [0.15, 0.2) is 52.8 Å². The number of hydrogen-bond donors (Lipinski definition) is 1. The molecule has 1 amide bonds. The molecule has 2 heterocycles. The second kappa shape index (κ2) is 10.3. The number of alkyl halides is 3. The molecule has 1 unspecified atom stereocenters. The molecule has 2 aliphatic rings. The Morgan fingerprint density at radius 2 is 2.03 bits per heavy atom. The first-order valence-corrected chi connectivity index (χ1v) is 11.6. The number of hydrogen-bond acceptors (Lipinski definition) is 7. The predicted molar refractivity (Wildman–Crippen MR) is 122 cm³/mol. The molecular formula is C24H23F3N2O5S. The topological polar surface area (TPSA) is 77.1 Å². The highest BCUT2D eigenvalue weighted by Crippen LogP contribution is 2.42. The van der Waals surface area contributed by atoms with Crippen molar-refractivity contribution in [2.75, 3.05) is 33.4 Å². The quantitative estimate of drug-likeness (QED) is 0.375. The van der Waals surface area contributed by atoms with Crippen LogP contribution in [0.3, 0.4) is 0 Å². The van der Waals surface area contributed by atoms with E-state index in [4.69, 9.17) is 14.5 Å². The molecule has 0 aromatic heterocycles. The van der Waals surface area contributed by atoms with E-state index in [9.17, 15) is 22.8 Å². The minimum Gasteiger partial charge on any atom is -0.467 e. The van der Waals surface area contributed by atoms with Gasteiger partial charge in [0.1, 0.15) is 6.04 Å². The second-order valence-electron chi connectivity index (χ2n) is 7.96. The van der Waals surface area contributed by atoms with Gasteiger partial charge in [-0.05, 0) is 35.9 Å². The zero-order valence-corrected chi connectivity index (χ0v) is 19.6. The number of carbonyl (C=O) groups is 2. The predicted octanol–water partition coefficient (Wildman–Crippen LogP) is 3.71. The second-order valence-corrected chi connectivity index (χ2v) is 9.07. The highest BCUT2D eigenvalue weighted by atomic mass is 32.2. The largest absolute Gasteiger partial charge is 0.467 e. The van der Waals surface area contributed by atoms with Crippen molar-refractivity contribution in [2.45, 2.75) is 28.4 Å². The fourth-order valence-corrected chi connectivity index (χ4v) is 4.91. The minimum atomic E-state index is -4.66. The van der Waals surface area contributed by atoms with Gasteiger partial charge in [0, 0.05) is 47.0 Å². The summed E-state index contributed by atoms with van der Waals surface area (Å²) in [6, 6.07) is 7.89. The Labute approximate surface area is 204 Å². The first kappa shape index (κ1) is 25.1. The number of nitrogens with zero attached hydrogens (tertiary/aromatic N) is 1. The summed E-state index contributed by atoms with van der Waals surface area (Å²) in [6.07, 6.45) is -4.06. The van der Waals surface area contributed by atoms with Crippen LogP contribution in [0.4, 0.5) is 13.2 Å². The Morgan fingerprint density at radius 1 is 1.23 bits per heavy atom. The first-order valence-electron chi connectivity index (χ1n) is 10.8. The standard InChI is InChI=1S/C24H23F3N2O5S/c1-14(22(30)29-9-8-28-13-19(29)23(31)32-2)15-3-6-21(18(12-15)24(25,26)27)35-17-4-5-20-16(11-17)7-10-33-34-20/h3-6,11-12,19,28H,1,7-10,13H2,2H3. The van der Waals surface area contributed by atoms with Gasteiger partial charge in [0.15, 0.2) is 5.75 Å². The van der Waals surface area contributed by atoms with E-state index in [0.29, 0.717) is 30.2 Å². The molecule has 186 valence electrons. The van der Waals surface area contributed by atoms with Gasteiger partial charge in [0.2, 0.25) is 0 Å². The van der Waals surface area contributed by atoms with Crippen molar-refractivity contribution < 1.29 is 37.3 Å². The highest BCUT2D eigenvalue weighted by Gasteiger charge is 2.37. The molecule has 1 fully saturated rings. The van der Waals surface area contributed by atoms with E-state index in [2.05, 4.69) is 11.9 Å². The summed E-state index contributed by atoms with van der Waals surface area (Å²) in [5, 5.41) is 3.00. The summed E-state index contributed by atoms with van der Waals surface area (Å²) in [7, 11) is 1.21. The fraction of sp³-hybridized carbons (Fsp3) is 0.333. The van der Waals surface area contributed by atoms with Crippen LogP contribution in [-0.2, 0) is 31.8 Å². The molecule has 11 heteroatoms. The maximum absolute atomic E-state index is 14.0. The van der Waals surface area contributed by atoms with Crippen LogP contribution in [0.5, 0.6) is 5.75 Å². The van der Waals surface area contributed by atoms with E-state index in [1.807, 2.05) is 0 Å². The molecule has 35 heavy (non-hydrogen) atoms. The lowest BCUT2D eigenvalue weighted by atomic mass is 10.0. The van der Waals surface area contributed by atoms with E-state index in [-0.39, 0.29) is 29.1 Å². The third kappa shape index (κ3) is 5.47. The molecule has 0 aliphatic carbocycles. The summed E-state index contributed by atoms with van der Waals surface area (Å²) in [5.74, 6) is -0.685. The number of methoxy groups -OCH3 is 1. The summed E-state index contributed by atoms with van der Waals surface area (Å²) in [4.78, 5) is 37.1. The molecule has 4 rings (SSSR count). The number of ether oxygens (including phenoxy) is 1. The van der Waals surface area contributed by atoms with Gasteiger partial charge in [-0.3, -0.25) is 4.79 Å². The third-order valence-electron chi connectivity index (χ3n) is 5.73. The molecule has 0 bridgehead atoms. The Morgan fingerprint density at radius 3 is 2.77 bits per heavy atom. The summed E-state index contributed by atoms with van der Waals surface area (Å²) in [6.45, 7) is 4.93. The molecule has 2 aromatic carbocycles. The molecule has 1 atom stereocenters. The van der Waals surface area contributed by atoms with E-state index in [1.54, 1.807) is 18.2 Å². The van der Waals surface area contributed by atoms with E-state index in [0.717, 1.165) is 23.4 Å². The average molecular weight is 509 g/mol. The van der Waals surface area contributed by atoms with Crippen molar-refractivity contribution in [1.82, 2.24) is 10.2 Å². The van der Waals surface area contributed by atoms with Crippen molar-refractivity contribution in [3.63, 3.8) is 0 Å². The van der Waals surface area contributed by atoms with Gasteiger partial charge in [-0.2, -0.15) is 18.1 Å². The van der Waals surface area contributed by atoms with Crippen molar-refractivity contribution >= 4 is 29.2 Å². The van der Waals surface area contributed by atoms with Gasteiger partial charge in [0.25, 0.3) is 5.91 Å². The van der Waals surface area contributed by atoms with E-state index < -0.39 is 29.7 Å². The maximum Gasteiger partial charge on any atom is 0.417 e. The summed E-state index contributed by atoms with van der Waals surface area (Å²) in [5.41, 5.74) is -0.128. The number of fused-ring (bicyclic) bond motifs is 1. The normalized spacial score (nSPS) is 17.8. The SMILES string of the molecule is C=C(C(=O)N1CCNCC1C(=O)OC)c1ccc(Sc2ccc3c(c2)CCOO3)c(C(F)(F)F)c1. The highest BCUT2D eigenvalue weighted by molar-refractivity contribution is 7.99. The van der Waals surface area contributed by atoms with Crippen molar-refractivity contribution in [3.05, 3.63) is 59.7 Å². The number of carbonyl (C=O) groups excluding carboxylic acids is 2. The number of amides is 1. The molecule has 7 nitrogen and oxygen atoms in total. The van der Waals surface area contributed by atoms with Crippen molar-refractivity contribution in [2.24, 2.45) is 0 Å². The molecule has 0 saturated carbocycles. The molecule has 2 aromatic rings. The van der Waals surface area contributed by atoms with Crippen LogP contribution < -0.4 is 10.2 Å². The Kier molecular flexibility index (Phi) is 7.39. The fourth-order valence-electron chi connectivity index (χ4n) is 3.90. The van der Waals surface area contributed by atoms with Crippen LogP contribution >= 0.6 is 11.8 Å². The number of rotatable bonds is 5. The van der Waals surface area contributed by atoms with Gasteiger partial charge in [-0.15, -0.1) is 0 Å². The molecular weight excluding hydrogens is 485 g/mol. The van der Waals surface area contributed by atoms with Gasteiger partial charge in [-0.1, -0.05) is 24.4 Å². The van der Waals surface area contributed by atoms with Crippen LogP contribution in [0, 0.1) is 0 Å². The summed E-state index contributed by atoms with van der Waals surface area (Å²) >= 11 is 0.967. The lowest BCUT2D eigenvalue weighted by molar-refractivity contribution is -0.215. The van der Waals surface area contributed by atoms with Crippen LogP contribution in [-0.4, -0.2) is 56.2 Å². The third-order valence-corrected chi connectivity index (χ3v) is 6.80. The van der Waals surface area contributed by atoms with Gasteiger partial charge >= 0.3 is 12.1 Å². The number of nitrogens with one attached hydrogen (secondary N) is 1. The monoisotopic (exact) mass is 508 g/mol. The lowest BCUT2D eigenvalue weighted by Crippen LogP contribution is -2.57. The number of halogens is 3. The molecule has 2 aliphatic heterocycles. The van der Waals surface area contributed by atoms with E-state index >= 15 is 0 Å². The van der Waals surface area contributed by atoms with Gasteiger partial charge in [-0.25, -0.2) is 4.79 Å². The molecule has 0 spiro atoms. The Hall–Kier alpha value is -3.02. The van der Waals surface area contributed by atoms with Crippen LogP contribution in [0.1, 0.15) is 16.7 Å². The number of piperazine rings is 1. The first-order chi connectivity index (χ1) is 16.7. The lowest BCUT2D eigenvalue weighted by Gasteiger charge is -2.34.